The van der Waals surface area contributed by atoms with E-state index in [2.05, 4.69) is 44.8 Å². The first-order chi connectivity index (χ1) is 18.9. The van der Waals surface area contributed by atoms with Gasteiger partial charge in [-0.3, -0.25) is 14.6 Å². The molecule has 4 nitrogen and oxygen atoms in total. The normalized spacial score (nSPS) is 24.1. The zero-order valence-corrected chi connectivity index (χ0v) is 24.2. The number of rotatable bonds is 10. The van der Waals surface area contributed by atoms with Crippen LogP contribution in [0.1, 0.15) is 118 Å². The second kappa shape index (κ2) is 13.4. The zero-order valence-electron chi connectivity index (χ0n) is 24.2. The van der Waals surface area contributed by atoms with E-state index in [9.17, 15) is 9.59 Å². The Morgan fingerprint density at radius 1 is 1.05 bits per heavy atom. The van der Waals surface area contributed by atoms with Crippen LogP contribution in [0.15, 0.2) is 60.1 Å². The molecule has 2 aliphatic rings. The largest absolute Gasteiger partial charge is 0.352 e. The van der Waals surface area contributed by atoms with Gasteiger partial charge in [-0.1, -0.05) is 82.7 Å². The van der Waals surface area contributed by atoms with Gasteiger partial charge in [-0.2, -0.15) is 0 Å². The average molecular weight is 527 g/mol. The lowest BCUT2D eigenvalue weighted by Gasteiger charge is -2.40. The maximum atomic E-state index is 13.9. The second-order valence-corrected chi connectivity index (χ2v) is 11.7. The molecule has 4 rings (SSSR count). The highest BCUT2D eigenvalue weighted by Gasteiger charge is 2.42. The Balaban J connectivity index is 1.66. The van der Waals surface area contributed by atoms with Crippen LogP contribution in [-0.2, 0) is 4.79 Å². The van der Waals surface area contributed by atoms with E-state index in [0.717, 1.165) is 55.6 Å². The topological polar surface area (TPSA) is 58.5 Å². The molecule has 2 aromatic carbocycles. The van der Waals surface area contributed by atoms with E-state index in [1.807, 2.05) is 42.5 Å². The summed E-state index contributed by atoms with van der Waals surface area (Å²) >= 11 is 0. The number of aliphatic imine (C=N–C) groups is 1. The molecular formula is C35H46N2O2. The molecule has 1 fully saturated rings. The lowest BCUT2D eigenvalue weighted by atomic mass is 9.68. The Kier molecular flexibility index (Phi) is 9.94. The lowest BCUT2D eigenvalue weighted by molar-refractivity contribution is -0.113. The molecule has 0 saturated heterocycles. The summed E-state index contributed by atoms with van der Waals surface area (Å²) in [4.78, 5) is 31.8. The van der Waals surface area contributed by atoms with Crippen molar-refractivity contribution in [3.63, 3.8) is 0 Å². The van der Waals surface area contributed by atoms with Crippen molar-refractivity contribution in [2.45, 2.75) is 96.4 Å². The molecule has 1 N–H and O–H groups in total. The van der Waals surface area contributed by atoms with Gasteiger partial charge in [0.2, 0.25) is 0 Å². The molecule has 208 valence electrons. The summed E-state index contributed by atoms with van der Waals surface area (Å²) in [5.41, 5.74) is 4.39. The molecule has 2 atom stereocenters. The van der Waals surface area contributed by atoms with Crippen LogP contribution >= 0.6 is 0 Å². The molecule has 1 spiro atoms. The summed E-state index contributed by atoms with van der Waals surface area (Å²) in [7, 11) is 0. The van der Waals surface area contributed by atoms with Crippen molar-refractivity contribution in [1.82, 2.24) is 5.32 Å². The van der Waals surface area contributed by atoms with Gasteiger partial charge in [0.1, 0.15) is 5.71 Å². The Morgan fingerprint density at radius 3 is 2.33 bits per heavy atom. The monoisotopic (exact) mass is 526 g/mol. The summed E-state index contributed by atoms with van der Waals surface area (Å²) in [6, 6.07) is 16.3. The standard InChI is InChI=1S/C35H46N2O2/c1-5-9-31(27-14-16-29(17-15-27)34(39)36-22-6-2)30-23-32(38)33(28-12-10-25(7-3)11-13-28)37-35(24-30)20-18-26(8-4)19-21-35/h7,10-17,26,30-31H,3,5-6,8-9,18-24H2,1-2,4H3,(H,36,39). The number of nitrogens with one attached hydrogen (secondary N) is 1. The van der Waals surface area contributed by atoms with Crippen LogP contribution in [-0.4, -0.2) is 29.5 Å². The molecule has 1 aliphatic heterocycles. The first-order valence-electron chi connectivity index (χ1n) is 15.2. The molecule has 2 unspecified atom stereocenters. The molecule has 0 radical (unpaired) electrons. The number of amides is 1. The van der Waals surface area contributed by atoms with Crippen molar-refractivity contribution in [2.75, 3.05) is 6.54 Å². The van der Waals surface area contributed by atoms with Gasteiger partial charge in [-0.05, 0) is 86.0 Å². The SMILES string of the molecule is C=Cc1ccc(C2=NC3(CCC(CC)CC3)CC(C(CCC)c3ccc(C(=O)NCCC)cc3)CC2=O)cc1. The van der Waals surface area contributed by atoms with Crippen LogP contribution < -0.4 is 5.32 Å². The lowest BCUT2D eigenvalue weighted by Crippen LogP contribution is -2.35. The molecule has 1 saturated carbocycles. The van der Waals surface area contributed by atoms with E-state index in [1.165, 1.54) is 24.8 Å². The van der Waals surface area contributed by atoms with Gasteiger partial charge in [-0.25, -0.2) is 0 Å². The molecule has 2 aromatic rings. The predicted molar refractivity (Wildman–Crippen MR) is 162 cm³/mol. The van der Waals surface area contributed by atoms with Crippen molar-refractivity contribution in [2.24, 2.45) is 16.8 Å². The third-order valence-electron chi connectivity index (χ3n) is 9.04. The summed E-state index contributed by atoms with van der Waals surface area (Å²) in [5.74, 6) is 1.40. The van der Waals surface area contributed by atoms with Crippen LogP contribution in [0, 0.1) is 11.8 Å². The van der Waals surface area contributed by atoms with E-state index >= 15 is 0 Å². The number of carbonyl (C=O) groups is 2. The summed E-state index contributed by atoms with van der Waals surface area (Å²) < 4.78 is 0. The number of nitrogens with zero attached hydrogens (tertiary/aromatic N) is 1. The van der Waals surface area contributed by atoms with Gasteiger partial charge in [0.05, 0.1) is 5.54 Å². The van der Waals surface area contributed by atoms with Crippen LogP contribution in [0.3, 0.4) is 0 Å². The Bertz CT molecular complexity index is 1150. The molecular weight excluding hydrogens is 480 g/mol. The smallest absolute Gasteiger partial charge is 0.251 e. The van der Waals surface area contributed by atoms with Crippen LogP contribution in [0.25, 0.3) is 6.08 Å². The summed E-state index contributed by atoms with van der Waals surface area (Å²) in [5, 5.41) is 2.97. The van der Waals surface area contributed by atoms with E-state index in [-0.39, 0.29) is 29.1 Å². The van der Waals surface area contributed by atoms with Gasteiger partial charge in [0.15, 0.2) is 5.78 Å². The molecule has 4 heteroatoms. The number of hydrogen-bond donors (Lipinski definition) is 1. The van der Waals surface area contributed by atoms with Crippen molar-refractivity contribution >= 4 is 23.5 Å². The second-order valence-electron chi connectivity index (χ2n) is 11.7. The van der Waals surface area contributed by atoms with Gasteiger partial charge in [0, 0.05) is 24.1 Å². The van der Waals surface area contributed by atoms with E-state index < -0.39 is 0 Å². The number of hydrogen-bond acceptors (Lipinski definition) is 3. The number of Topliss-reactive ketones (excluding diaryl/α,β-unsaturated/α-hetero) is 1. The Morgan fingerprint density at radius 2 is 1.74 bits per heavy atom. The predicted octanol–water partition coefficient (Wildman–Crippen LogP) is 8.16. The molecule has 1 amide bonds. The molecule has 0 aromatic heterocycles. The zero-order chi connectivity index (χ0) is 27.8. The van der Waals surface area contributed by atoms with Crippen LogP contribution in [0.4, 0.5) is 0 Å². The van der Waals surface area contributed by atoms with Crippen molar-refractivity contribution in [3.05, 3.63) is 77.4 Å². The third kappa shape index (κ3) is 6.96. The number of carbonyl (C=O) groups excluding carboxylic acids is 2. The van der Waals surface area contributed by atoms with Gasteiger partial charge < -0.3 is 5.32 Å². The van der Waals surface area contributed by atoms with Crippen molar-refractivity contribution < 1.29 is 9.59 Å². The first kappa shape index (κ1) is 29.0. The summed E-state index contributed by atoms with van der Waals surface area (Å²) in [6.45, 7) is 11.1. The van der Waals surface area contributed by atoms with E-state index in [1.54, 1.807) is 0 Å². The average Bonchev–Trinajstić information content (AvgIpc) is 3.11. The third-order valence-corrected chi connectivity index (χ3v) is 9.04. The highest BCUT2D eigenvalue weighted by atomic mass is 16.1. The molecule has 39 heavy (non-hydrogen) atoms. The molecule has 1 heterocycles. The number of benzene rings is 2. The maximum Gasteiger partial charge on any atom is 0.251 e. The van der Waals surface area contributed by atoms with E-state index in [0.29, 0.717) is 24.2 Å². The molecule has 1 aliphatic carbocycles. The van der Waals surface area contributed by atoms with Gasteiger partial charge >= 0.3 is 0 Å². The minimum atomic E-state index is -0.180. The first-order valence-corrected chi connectivity index (χ1v) is 15.2. The minimum absolute atomic E-state index is 0.0211. The van der Waals surface area contributed by atoms with Crippen molar-refractivity contribution in [1.29, 1.82) is 0 Å². The number of ketones is 1. The Hall–Kier alpha value is -3.01. The highest BCUT2D eigenvalue weighted by Crippen LogP contribution is 2.47. The quantitative estimate of drug-likeness (QED) is 0.339. The van der Waals surface area contributed by atoms with Crippen molar-refractivity contribution in [3.8, 4) is 0 Å². The fourth-order valence-corrected chi connectivity index (χ4v) is 6.67. The minimum Gasteiger partial charge on any atom is -0.352 e. The van der Waals surface area contributed by atoms with E-state index in [4.69, 9.17) is 4.99 Å². The highest BCUT2D eigenvalue weighted by molar-refractivity contribution is 6.46. The fraction of sp³-hybridized carbons (Fsp3) is 0.514. The molecule has 0 bridgehead atoms. The summed E-state index contributed by atoms with van der Waals surface area (Å²) in [6.07, 6.45) is 12.0. The Labute approximate surface area is 235 Å². The van der Waals surface area contributed by atoms with Crippen LogP contribution in [0.2, 0.25) is 0 Å². The fourth-order valence-electron chi connectivity index (χ4n) is 6.67. The van der Waals surface area contributed by atoms with Gasteiger partial charge in [-0.15, -0.1) is 0 Å². The maximum absolute atomic E-state index is 13.9. The van der Waals surface area contributed by atoms with Crippen LogP contribution in [0.5, 0.6) is 0 Å². The van der Waals surface area contributed by atoms with Gasteiger partial charge in [0.25, 0.3) is 5.91 Å².